The Hall–Kier alpha value is -2.07. The Bertz CT molecular complexity index is 674. The first kappa shape index (κ1) is 13.9. The predicted molar refractivity (Wildman–Crippen MR) is 84.8 cm³/mol. The van der Waals surface area contributed by atoms with Crippen LogP contribution in [0.4, 0.5) is 11.4 Å². The van der Waals surface area contributed by atoms with Crippen molar-refractivity contribution in [3.63, 3.8) is 0 Å². The molecule has 0 radical (unpaired) electrons. The third kappa shape index (κ3) is 2.85. The van der Waals surface area contributed by atoms with Gasteiger partial charge in [-0.15, -0.1) is 0 Å². The molecule has 3 rings (SSSR count). The van der Waals surface area contributed by atoms with Crippen LogP contribution in [-0.4, -0.2) is 23.5 Å². The molecule has 2 heterocycles. The van der Waals surface area contributed by atoms with Crippen LogP contribution in [0.25, 0.3) is 0 Å². The van der Waals surface area contributed by atoms with Gasteiger partial charge in [0.25, 0.3) is 0 Å². The van der Waals surface area contributed by atoms with Gasteiger partial charge in [-0.05, 0) is 37.1 Å². The van der Waals surface area contributed by atoms with Crippen molar-refractivity contribution < 1.29 is 4.79 Å². The number of aromatic nitrogens is 1. The van der Waals surface area contributed by atoms with Crippen molar-refractivity contribution >= 4 is 28.9 Å². The fraction of sp³-hybridized carbons (Fsp3) is 0.250. The van der Waals surface area contributed by atoms with E-state index in [2.05, 4.69) is 16.4 Å². The molecule has 1 N–H and O–H groups in total. The second kappa shape index (κ2) is 5.74. The molecule has 1 amide bonds. The lowest BCUT2D eigenvalue weighted by molar-refractivity contribution is -0.118. The van der Waals surface area contributed by atoms with E-state index in [-0.39, 0.29) is 11.9 Å². The lowest BCUT2D eigenvalue weighted by Crippen LogP contribution is -2.40. The Kier molecular flexibility index (Phi) is 3.80. The number of para-hydroxylation sites is 1. The highest BCUT2D eigenvalue weighted by Gasteiger charge is 2.27. The number of amides is 1. The molecule has 0 spiro atoms. The van der Waals surface area contributed by atoms with E-state index < -0.39 is 0 Å². The zero-order chi connectivity index (χ0) is 14.8. The summed E-state index contributed by atoms with van der Waals surface area (Å²) in [7, 11) is 0. The molecule has 2 aromatic rings. The fourth-order valence-electron chi connectivity index (χ4n) is 2.60. The summed E-state index contributed by atoms with van der Waals surface area (Å²) in [6.45, 7) is 2.60. The Balaban J connectivity index is 1.74. The van der Waals surface area contributed by atoms with Crippen LogP contribution in [0.15, 0.2) is 42.6 Å². The van der Waals surface area contributed by atoms with Crippen molar-refractivity contribution in [2.75, 3.05) is 16.8 Å². The number of carbonyl (C=O) groups is 1. The maximum absolute atomic E-state index is 12.6. The highest BCUT2D eigenvalue weighted by Crippen LogP contribution is 2.28. The molecule has 1 aromatic heterocycles. The van der Waals surface area contributed by atoms with Gasteiger partial charge in [-0.25, -0.2) is 4.98 Å². The smallest absolute Gasteiger partial charge is 0.249 e. The first-order chi connectivity index (χ1) is 10.1. The number of fused-ring (bicyclic) bond motifs is 1. The maximum atomic E-state index is 12.6. The summed E-state index contributed by atoms with van der Waals surface area (Å²) in [5, 5.41) is 3.58. The zero-order valence-corrected chi connectivity index (χ0v) is 12.5. The second-order valence-corrected chi connectivity index (χ2v) is 5.49. The minimum absolute atomic E-state index is 0.0629. The fourth-order valence-corrected chi connectivity index (χ4v) is 2.78. The van der Waals surface area contributed by atoms with Crippen molar-refractivity contribution in [3.8, 4) is 0 Å². The minimum Gasteiger partial charge on any atom is -0.374 e. The van der Waals surface area contributed by atoms with Gasteiger partial charge in [-0.3, -0.25) is 4.79 Å². The van der Waals surface area contributed by atoms with Gasteiger partial charge in [-0.2, -0.15) is 0 Å². The van der Waals surface area contributed by atoms with Gasteiger partial charge in [0.2, 0.25) is 5.91 Å². The van der Waals surface area contributed by atoms with Crippen LogP contribution in [0.2, 0.25) is 5.15 Å². The molecular weight excluding hydrogens is 286 g/mol. The Labute approximate surface area is 128 Å². The molecule has 21 heavy (non-hydrogen) atoms. The van der Waals surface area contributed by atoms with Crippen LogP contribution in [0.3, 0.4) is 0 Å². The van der Waals surface area contributed by atoms with E-state index in [9.17, 15) is 4.79 Å². The molecule has 1 atom stereocenters. The standard InChI is InChI=1S/C16H16ClN3O/c1-11(19-13-6-8-18-15(17)10-13)16(21)20-9-7-12-4-2-3-5-14(12)20/h2-6,8,10-11H,7,9H2,1H3,(H,18,19). The third-order valence-electron chi connectivity index (χ3n) is 3.63. The van der Waals surface area contributed by atoms with E-state index >= 15 is 0 Å². The first-order valence-electron chi connectivity index (χ1n) is 6.92. The number of anilines is 2. The van der Waals surface area contributed by atoms with Gasteiger partial charge in [-0.1, -0.05) is 29.8 Å². The zero-order valence-electron chi connectivity index (χ0n) is 11.7. The number of benzene rings is 1. The summed E-state index contributed by atoms with van der Waals surface area (Å²) < 4.78 is 0. The monoisotopic (exact) mass is 301 g/mol. The summed E-state index contributed by atoms with van der Waals surface area (Å²) in [6, 6.07) is 11.2. The SMILES string of the molecule is CC(Nc1ccnc(Cl)c1)C(=O)N1CCc2ccccc21. The van der Waals surface area contributed by atoms with E-state index in [1.54, 1.807) is 18.3 Å². The van der Waals surface area contributed by atoms with Crippen LogP contribution in [0.5, 0.6) is 0 Å². The molecule has 0 fully saturated rings. The molecular formula is C16H16ClN3O. The number of hydrogen-bond donors (Lipinski definition) is 1. The number of nitrogens with zero attached hydrogens (tertiary/aromatic N) is 2. The maximum Gasteiger partial charge on any atom is 0.249 e. The van der Waals surface area contributed by atoms with Crippen molar-refractivity contribution in [1.82, 2.24) is 4.98 Å². The number of hydrogen-bond acceptors (Lipinski definition) is 3. The number of pyridine rings is 1. The molecule has 108 valence electrons. The normalized spacial score (nSPS) is 14.7. The number of rotatable bonds is 3. The Morgan fingerprint density at radius 2 is 2.19 bits per heavy atom. The van der Waals surface area contributed by atoms with Gasteiger partial charge in [0.15, 0.2) is 0 Å². The topological polar surface area (TPSA) is 45.2 Å². The van der Waals surface area contributed by atoms with Crippen molar-refractivity contribution in [1.29, 1.82) is 0 Å². The van der Waals surface area contributed by atoms with Crippen molar-refractivity contribution in [2.24, 2.45) is 0 Å². The van der Waals surface area contributed by atoms with Gasteiger partial charge in [0, 0.05) is 24.1 Å². The molecule has 5 heteroatoms. The van der Waals surface area contributed by atoms with Crippen LogP contribution in [-0.2, 0) is 11.2 Å². The molecule has 0 saturated carbocycles. The number of carbonyl (C=O) groups excluding carboxylic acids is 1. The highest BCUT2D eigenvalue weighted by atomic mass is 35.5. The van der Waals surface area contributed by atoms with Crippen LogP contribution in [0.1, 0.15) is 12.5 Å². The van der Waals surface area contributed by atoms with Crippen molar-refractivity contribution in [3.05, 3.63) is 53.3 Å². The molecule has 1 aliphatic rings. The van der Waals surface area contributed by atoms with Gasteiger partial charge < -0.3 is 10.2 Å². The van der Waals surface area contributed by atoms with Crippen LogP contribution < -0.4 is 10.2 Å². The molecule has 1 aromatic carbocycles. The first-order valence-corrected chi connectivity index (χ1v) is 7.30. The van der Waals surface area contributed by atoms with E-state index in [4.69, 9.17) is 11.6 Å². The van der Waals surface area contributed by atoms with Crippen LogP contribution in [0, 0.1) is 0 Å². The van der Waals surface area contributed by atoms with Crippen molar-refractivity contribution in [2.45, 2.75) is 19.4 Å². The molecule has 4 nitrogen and oxygen atoms in total. The predicted octanol–water partition coefficient (Wildman–Crippen LogP) is 3.12. The van der Waals surface area contributed by atoms with E-state index in [1.165, 1.54) is 5.56 Å². The third-order valence-corrected chi connectivity index (χ3v) is 3.84. The average Bonchev–Trinajstić information content (AvgIpc) is 2.90. The van der Waals surface area contributed by atoms with Crippen LogP contribution >= 0.6 is 11.6 Å². The van der Waals surface area contributed by atoms with Gasteiger partial charge >= 0.3 is 0 Å². The minimum atomic E-state index is -0.324. The molecule has 0 aliphatic carbocycles. The summed E-state index contributed by atoms with van der Waals surface area (Å²) >= 11 is 5.86. The van der Waals surface area contributed by atoms with E-state index in [0.29, 0.717) is 5.15 Å². The summed E-state index contributed by atoms with van der Waals surface area (Å²) in [5.41, 5.74) is 3.04. The lowest BCUT2D eigenvalue weighted by Gasteiger charge is -2.23. The molecule has 0 saturated heterocycles. The highest BCUT2D eigenvalue weighted by molar-refractivity contribution is 6.29. The quantitative estimate of drug-likeness (QED) is 0.886. The lowest BCUT2D eigenvalue weighted by atomic mass is 10.2. The Morgan fingerprint density at radius 1 is 1.38 bits per heavy atom. The summed E-state index contributed by atoms with van der Waals surface area (Å²) in [4.78, 5) is 18.4. The number of nitrogens with one attached hydrogen (secondary N) is 1. The molecule has 1 unspecified atom stereocenters. The average molecular weight is 302 g/mol. The number of halogens is 1. The summed E-state index contributed by atoms with van der Waals surface area (Å²) in [6.07, 6.45) is 2.53. The van der Waals surface area contributed by atoms with E-state index in [0.717, 1.165) is 24.3 Å². The molecule has 0 bridgehead atoms. The molecule has 1 aliphatic heterocycles. The van der Waals surface area contributed by atoms with Gasteiger partial charge in [0.05, 0.1) is 0 Å². The largest absolute Gasteiger partial charge is 0.374 e. The van der Waals surface area contributed by atoms with Gasteiger partial charge in [0.1, 0.15) is 11.2 Å². The second-order valence-electron chi connectivity index (χ2n) is 5.10. The Morgan fingerprint density at radius 3 is 3.00 bits per heavy atom. The summed E-state index contributed by atoms with van der Waals surface area (Å²) in [5.74, 6) is 0.0629. The van der Waals surface area contributed by atoms with E-state index in [1.807, 2.05) is 30.0 Å².